The average Bonchev–Trinajstić information content (AvgIpc) is 3.41. The Kier molecular flexibility index (Phi) is 6.45. The number of hydrogen-bond acceptors (Lipinski definition) is 9. The molecule has 0 unspecified atom stereocenters. The molecular weight excluding hydrogens is 388 g/mol. The van der Waals surface area contributed by atoms with E-state index in [1.54, 1.807) is 23.3 Å². The van der Waals surface area contributed by atoms with Crippen molar-refractivity contribution in [2.45, 2.75) is 29.9 Å². The average molecular weight is 409 g/mol. The molecule has 0 spiro atoms. The predicted molar refractivity (Wildman–Crippen MR) is 103 cm³/mol. The molecule has 3 aromatic heterocycles. The summed E-state index contributed by atoms with van der Waals surface area (Å²) in [6.07, 6.45) is 1.58. The summed E-state index contributed by atoms with van der Waals surface area (Å²) in [5.74, 6) is 8.07. The molecule has 9 nitrogen and oxygen atoms in total. The Balaban J connectivity index is 1.55. The Labute approximate surface area is 164 Å². The minimum atomic E-state index is 0.0512. The number of furan rings is 1. The fraction of sp³-hybridized carbons (Fsp3) is 0.375. The zero-order valence-corrected chi connectivity index (χ0v) is 16.6. The van der Waals surface area contributed by atoms with Gasteiger partial charge in [-0.3, -0.25) is 4.79 Å². The highest BCUT2D eigenvalue weighted by Crippen LogP contribution is 2.26. The van der Waals surface area contributed by atoms with Gasteiger partial charge in [0, 0.05) is 24.9 Å². The topological polar surface area (TPSA) is 116 Å². The van der Waals surface area contributed by atoms with Gasteiger partial charge in [0.15, 0.2) is 5.76 Å². The first-order valence-electron chi connectivity index (χ1n) is 8.35. The second kappa shape index (κ2) is 9.00. The molecule has 0 bridgehead atoms. The number of nitrogens with zero attached hydrogens (tertiary/aromatic N) is 5. The molecule has 27 heavy (non-hydrogen) atoms. The van der Waals surface area contributed by atoms with Crippen LogP contribution in [0.3, 0.4) is 0 Å². The third-order valence-electron chi connectivity index (χ3n) is 3.75. The summed E-state index contributed by atoms with van der Waals surface area (Å²) in [5, 5.41) is 13.2. The lowest BCUT2D eigenvalue weighted by atomic mass is 10.3. The van der Waals surface area contributed by atoms with Gasteiger partial charge in [0.25, 0.3) is 0 Å². The molecule has 3 heterocycles. The van der Waals surface area contributed by atoms with Gasteiger partial charge in [0.1, 0.15) is 0 Å². The molecule has 0 radical (unpaired) electrons. The normalized spacial score (nSPS) is 11.0. The smallest absolute Gasteiger partial charge is 0.233 e. The minimum Gasteiger partial charge on any atom is -0.461 e. The Morgan fingerprint density at radius 2 is 1.96 bits per heavy atom. The van der Waals surface area contributed by atoms with Crippen LogP contribution in [-0.4, -0.2) is 49.7 Å². The fourth-order valence-electron chi connectivity index (χ4n) is 2.31. The van der Waals surface area contributed by atoms with Gasteiger partial charge >= 0.3 is 0 Å². The Morgan fingerprint density at radius 3 is 2.63 bits per heavy atom. The van der Waals surface area contributed by atoms with Crippen LogP contribution in [0.2, 0.25) is 0 Å². The van der Waals surface area contributed by atoms with Crippen molar-refractivity contribution in [3.8, 4) is 11.5 Å². The van der Waals surface area contributed by atoms with Crippen LogP contribution in [0.25, 0.3) is 11.5 Å². The first-order valence-corrected chi connectivity index (χ1v) is 10.3. The Bertz CT molecular complexity index is 873. The van der Waals surface area contributed by atoms with Gasteiger partial charge in [-0.05, 0) is 26.0 Å². The predicted octanol–water partition coefficient (Wildman–Crippen LogP) is 2.49. The molecule has 0 aromatic carbocycles. The van der Waals surface area contributed by atoms with Crippen molar-refractivity contribution >= 4 is 29.4 Å². The van der Waals surface area contributed by atoms with Crippen LogP contribution in [0.1, 0.15) is 19.5 Å². The van der Waals surface area contributed by atoms with E-state index in [4.69, 9.17) is 14.8 Å². The molecule has 1 amide bonds. The first kappa shape index (κ1) is 19.4. The summed E-state index contributed by atoms with van der Waals surface area (Å²) in [4.78, 5) is 13.8. The van der Waals surface area contributed by atoms with E-state index in [2.05, 4.69) is 15.4 Å². The summed E-state index contributed by atoms with van der Waals surface area (Å²) in [7, 11) is 0. The number of nitrogens with two attached hydrogens (primary N) is 1. The van der Waals surface area contributed by atoms with E-state index in [9.17, 15) is 4.79 Å². The number of aromatic nitrogens is 4. The Morgan fingerprint density at radius 1 is 1.22 bits per heavy atom. The quantitative estimate of drug-likeness (QED) is 0.421. The van der Waals surface area contributed by atoms with Gasteiger partial charge in [0.2, 0.25) is 22.0 Å². The standard InChI is InChI=1S/C16H20N6O3S2/c1-3-21(4-2)14(23)10-27-16-19-18-15(22(16)17)26-9-11-8-13(25-20-11)12-6-5-7-24-12/h5-8H,3-4,9-10,17H2,1-2H3. The molecular formula is C16H20N6O3S2. The zero-order chi connectivity index (χ0) is 19.2. The van der Waals surface area contributed by atoms with Crippen LogP contribution >= 0.6 is 23.5 Å². The lowest BCUT2D eigenvalue weighted by molar-refractivity contribution is -0.127. The van der Waals surface area contributed by atoms with Gasteiger partial charge in [-0.1, -0.05) is 28.7 Å². The van der Waals surface area contributed by atoms with Crippen LogP contribution in [0, 0.1) is 0 Å². The van der Waals surface area contributed by atoms with E-state index < -0.39 is 0 Å². The highest BCUT2D eigenvalue weighted by Gasteiger charge is 2.16. The molecule has 0 aliphatic heterocycles. The third-order valence-corrected chi connectivity index (χ3v) is 5.65. The van der Waals surface area contributed by atoms with E-state index >= 15 is 0 Å². The highest BCUT2D eigenvalue weighted by molar-refractivity contribution is 8.00. The summed E-state index contributed by atoms with van der Waals surface area (Å²) >= 11 is 2.66. The molecule has 0 aliphatic carbocycles. The molecule has 0 saturated heterocycles. The van der Waals surface area contributed by atoms with Crippen molar-refractivity contribution in [1.29, 1.82) is 0 Å². The van der Waals surface area contributed by atoms with E-state index in [1.165, 1.54) is 28.2 Å². The highest BCUT2D eigenvalue weighted by atomic mass is 32.2. The molecule has 0 saturated carbocycles. The third kappa shape index (κ3) is 4.66. The van der Waals surface area contributed by atoms with Crippen molar-refractivity contribution < 1.29 is 13.7 Å². The van der Waals surface area contributed by atoms with Crippen molar-refractivity contribution in [2.75, 3.05) is 24.7 Å². The maximum absolute atomic E-state index is 12.1. The summed E-state index contributed by atoms with van der Waals surface area (Å²) in [6.45, 7) is 5.27. The van der Waals surface area contributed by atoms with Gasteiger partial charge in [0.05, 0.1) is 17.7 Å². The Hall–Kier alpha value is -2.40. The minimum absolute atomic E-state index is 0.0512. The second-order valence-electron chi connectivity index (χ2n) is 5.44. The van der Waals surface area contributed by atoms with E-state index in [1.807, 2.05) is 19.9 Å². The number of thioether (sulfide) groups is 2. The monoisotopic (exact) mass is 408 g/mol. The van der Waals surface area contributed by atoms with E-state index in [0.29, 0.717) is 40.7 Å². The number of carbonyl (C=O) groups is 1. The van der Waals surface area contributed by atoms with Gasteiger partial charge in [-0.2, -0.15) is 0 Å². The fourth-order valence-corrected chi connectivity index (χ4v) is 3.86. The van der Waals surface area contributed by atoms with Crippen LogP contribution in [0.5, 0.6) is 0 Å². The van der Waals surface area contributed by atoms with Gasteiger partial charge in [-0.15, -0.1) is 10.2 Å². The lowest BCUT2D eigenvalue weighted by Gasteiger charge is -2.17. The number of carbonyl (C=O) groups excluding carboxylic acids is 1. The van der Waals surface area contributed by atoms with Crippen molar-refractivity contribution in [3.63, 3.8) is 0 Å². The molecule has 3 aromatic rings. The zero-order valence-electron chi connectivity index (χ0n) is 15.0. The summed E-state index contributed by atoms with van der Waals surface area (Å²) in [5.41, 5.74) is 0.736. The van der Waals surface area contributed by atoms with Gasteiger partial charge < -0.3 is 19.7 Å². The van der Waals surface area contributed by atoms with Crippen molar-refractivity contribution in [3.05, 3.63) is 30.2 Å². The van der Waals surface area contributed by atoms with Crippen molar-refractivity contribution in [1.82, 2.24) is 24.9 Å². The molecule has 2 N–H and O–H groups in total. The molecule has 3 rings (SSSR count). The van der Waals surface area contributed by atoms with Crippen LogP contribution in [-0.2, 0) is 10.5 Å². The van der Waals surface area contributed by atoms with Crippen LogP contribution in [0.15, 0.2) is 43.7 Å². The molecule has 144 valence electrons. The number of rotatable bonds is 9. The molecule has 0 atom stereocenters. The molecule has 0 aliphatic rings. The molecule has 11 heteroatoms. The number of amides is 1. The maximum atomic E-state index is 12.1. The second-order valence-corrected chi connectivity index (χ2v) is 7.32. The van der Waals surface area contributed by atoms with E-state index in [0.717, 1.165) is 5.69 Å². The maximum Gasteiger partial charge on any atom is 0.233 e. The molecule has 0 fully saturated rings. The lowest BCUT2D eigenvalue weighted by Crippen LogP contribution is -2.32. The summed E-state index contributed by atoms with van der Waals surface area (Å²) < 4.78 is 11.9. The van der Waals surface area contributed by atoms with Crippen LogP contribution < -0.4 is 5.84 Å². The number of hydrogen-bond donors (Lipinski definition) is 1. The first-order chi connectivity index (χ1) is 13.1. The van der Waals surface area contributed by atoms with Crippen LogP contribution in [0.4, 0.5) is 0 Å². The van der Waals surface area contributed by atoms with Gasteiger partial charge in [-0.25, -0.2) is 4.68 Å². The largest absolute Gasteiger partial charge is 0.461 e. The number of nitrogen functional groups attached to an aromatic ring is 1. The SMILES string of the molecule is CCN(CC)C(=O)CSc1nnc(SCc2cc(-c3ccco3)on2)n1N. The summed E-state index contributed by atoms with van der Waals surface area (Å²) in [6, 6.07) is 5.39. The van der Waals surface area contributed by atoms with E-state index in [-0.39, 0.29) is 11.7 Å². The van der Waals surface area contributed by atoms with Crippen molar-refractivity contribution in [2.24, 2.45) is 0 Å².